The van der Waals surface area contributed by atoms with Crippen LogP contribution in [0.2, 0.25) is 0 Å². The third kappa shape index (κ3) is 14.8. The van der Waals surface area contributed by atoms with E-state index in [1.807, 2.05) is 0 Å². The molecule has 112 valence electrons. The summed E-state index contributed by atoms with van der Waals surface area (Å²) in [6.07, 6.45) is 7.51. The van der Waals surface area contributed by atoms with E-state index in [1.165, 1.54) is 0 Å². The van der Waals surface area contributed by atoms with E-state index in [-0.39, 0.29) is 18.9 Å². The number of aliphatic carboxylic acids is 2. The number of carbonyl (C=O) groups is 2. The van der Waals surface area contributed by atoms with Crippen LogP contribution in [-0.4, -0.2) is 33.4 Å². The summed E-state index contributed by atoms with van der Waals surface area (Å²) >= 11 is 0. The smallest absolute Gasteiger partial charge is 0.303 e. The van der Waals surface area contributed by atoms with Crippen LogP contribution in [0.3, 0.4) is 0 Å². The monoisotopic (exact) mass is 274 g/mol. The molecule has 0 saturated carbocycles. The molecule has 0 fully saturated rings. The fourth-order valence-electron chi connectivity index (χ4n) is 1.99. The highest BCUT2D eigenvalue weighted by Crippen LogP contribution is 2.12. The maximum Gasteiger partial charge on any atom is 0.303 e. The lowest BCUT2D eigenvalue weighted by atomic mass is 10.0. The molecule has 0 aliphatic carbocycles. The molecule has 0 rings (SSSR count). The van der Waals surface area contributed by atoms with Crippen LogP contribution in [0.1, 0.15) is 70.6 Å². The van der Waals surface area contributed by atoms with Crippen molar-refractivity contribution in [2.45, 2.75) is 76.7 Å². The predicted molar refractivity (Wildman–Crippen MR) is 72.1 cm³/mol. The van der Waals surface area contributed by atoms with E-state index in [0.717, 1.165) is 44.9 Å². The standard InChI is InChI=1S/C14H26O5/c15-12(9-5-3-7-11-14(18)19)8-4-1-2-6-10-13(16)17/h12,15H,1-11H2,(H,16,17)(H,18,19). The first-order valence-corrected chi connectivity index (χ1v) is 7.14. The zero-order valence-corrected chi connectivity index (χ0v) is 11.5. The zero-order valence-electron chi connectivity index (χ0n) is 11.5. The average Bonchev–Trinajstić information content (AvgIpc) is 2.32. The zero-order chi connectivity index (χ0) is 14.5. The van der Waals surface area contributed by atoms with Gasteiger partial charge in [-0.3, -0.25) is 9.59 Å². The quantitative estimate of drug-likeness (QED) is 0.449. The second kappa shape index (κ2) is 12.0. The molecule has 0 saturated heterocycles. The molecule has 0 aliphatic rings. The highest BCUT2D eigenvalue weighted by molar-refractivity contribution is 5.66. The fourth-order valence-corrected chi connectivity index (χ4v) is 1.99. The van der Waals surface area contributed by atoms with Gasteiger partial charge in [0.25, 0.3) is 0 Å². The highest BCUT2D eigenvalue weighted by atomic mass is 16.4. The van der Waals surface area contributed by atoms with Gasteiger partial charge in [-0.15, -0.1) is 0 Å². The molecule has 5 heteroatoms. The van der Waals surface area contributed by atoms with Crippen molar-refractivity contribution in [1.29, 1.82) is 0 Å². The van der Waals surface area contributed by atoms with Gasteiger partial charge in [-0.2, -0.15) is 0 Å². The molecule has 5 nitrogen and oxygen atoms in total. The molecule has 0 spiro atoms. The first-order valence-electron chi connectivity index (χ1n) is 7.14. The first-order chi connectivity index (χ1) is 9.02. The highest BCUT2D eigenvalue weighted by Gasteiger charge is 2.04. The van der Waals surface area contributed by atoms with Gasteiger partial charge in [0.1, 0.15) is 0 Å². The van der Waals surface area contributed by atoms with E-state index in [1.54, 1.807) is 0 Å². The predicted octanol–water partition coefficient (Wildman–Crippen LogP) is 2.81. The van der Waals surface area contributed by atoms with Crippen molar-refractivity contribution in [1.82, 2.24) is 0 Å². The third-order valence-electron chi connectivity index (χ3n) is 3.11. The Balaban J connectivity index is 3.23. The minimum Gasteiger partial charge on any atom is -0.481 e. The third-order valence-corrected chi connectivity index (χ3v) is 3.11. The van der Waals surface area contributed by atoms with Gasteiger partial charge in [-0.25, -0.2) is 0 Å². The first kappa shape index (κ1) is 17.9. The largest absolute Gasteiger partial charge is 0.481 e. The number of rotatable bonds is 13. The summed E-state index contributed by atoms with van der Waals surface area (Å²) < 4.78 is 0. The Hall–Kier alpha value is -1.10. The Morgan fingerprint density at radius 3 is 1.47 bits per heavy atom. The normalized spacial score (nSPS) is 12.3. The molecule has 1 atom stereocenters. The number of aliphatic hydroxyl groups is 1. The van der Waals surface area contributed by atoms with E-state index < -0.39 is 11.9 Å². The van der Waals surface area contributed by atoms with Crippen LogP contribution in [0.4, 0.5) is 0 Å². The van der Waals surface area contributed by atoms with Crippen LogP contribution in [0.15, 0.2) is 0 Å². The van der Waals surface area contributed by atoms with E-state index in [4.69, 9.17) is 10.2 Å². The van der Waals surface area contributed by atoms with Gasteiger partial charge >= 0.3 is 11.9 Å². The molecular formula is C14H26O5. The molecule has 0 aromatic rings. The van der Waals surface area contributed by atoms with E-state index in [0.29, 0.717) is 12.8 Å². The van der Waals surface area contributed by atoms with Crippen molar-refractivity contribution < 1.29 is 24.9 Å². The number of carboxylic acids is 2. The number of aliphatic hydroxyl groups excluding tert-OH is 1. The van der Waals surface area contributed by atoms with Crippen LogP contribution in [-0.2, 0) is 9.59 Å². The van der Waals surface area contributed by atoms with Crippen molar-refractivity contribution in [3.8, 4) is 0 Å². The summed E-state index contributed by atoms with van der Waals surface area (Å²) in [5.41, 5.74) is 0. The molecule has 0 aromatic heterocycles. The molecule has 19 heavy (non-hydrogen) atoms. The van der Waals surface area contributed by atoms with E-state index in [9.17, 15) is 14.7 Å². The maximum absolute atomic E-state index is 10.3. The van der Waals surface area contributed by atoms with Gasteiger partial charge in [-0.1, -0.05) is 32.1 Å². The van der Waals surface area contributed by atoms with Crippen molar-refractivity contribution in [3.05, 3.63) is 0 Å². The fraction of sp³-hybridized carbons (Fsp3) is 0.857. The Kier molecular flexibility index (Phi) is 11.3. The Labute approximate surface area is 114 Å². The molecule has 0 amide bonds. The van der Waals surface area contributed by atoms with Crippen LogP contribution in [0, 0.1) is 0 Å². The second-order valence-electron chi connectivity index (χ2n) is 4.99. The topological polar surface area (TPSA) is 94.8 Å². The van der Waals surface area contributed by atoms with Crippen molar-refractivity contribution in [3.63, 3.8) is 0 Å². The van der Waals surface area contributed by atoms with Gasteiger partial charge in [-0.05, 0) is 25.7 Å². The van der Waals surface area contributed by atoms with Gasteiger partial charge < -0.3 is 15.3 Å². The minimum atomic E-state index is -0.762. The number of unbranched alkanes of at least 4 members (excludes halogenated alkanes) is 5. The average molecular weight is 274 g/mol. The summed E-state index contributed by atoms with van der Waals surface area (Å²) in [5.74, 6) is -1.51. The van der Waals surface area contributed by atoms with Gasteiger partial charge in [0, 0.05) is 12.8 Å². The number of hydrogen-bond acceptors (Lipinski definition) is 3. The number of carboxylic acid groups (broad SMARTS) is 2. The van der Waals surface area contributed by atoms with Crippen LogP contribution in [0.5, 0.6) is 0 Å². The van der Waals surface area contributed by atoms with Gasteiger partial charge in [0.05, 0.1) is 6.10 Å². The summed E-state index contributed by atoms with van der Waals surface area (Å²) in [6, 6.07) is 0. The van der Waals surface area contributed by atoms with Gasteiger partial charge in [0.2, 0.25) is 0 Å². The molecule has 0 heterocycles. The lowest BCUT2D eigenvalue weighted by Crippen LogP contribution is -2.06. The Morgan fingerprint density at radius 1 is 0.684 bits per heavy atom. The molecule has 0 bridgehead atoms. The molecule has 1 unspecified atom stereocenters. The van der Waals surface area contributed by atoms with Crippen molar-refractivity contribution >= 4 is 11.9 Å². The molecule has 0 radical (unpaired) electrons. The lowest BCUT2D eigenvalue weighted by molar-refractivity contribution is -0.138. The Bertz CT molecular complexity index is 252. The summed E-state index contributed by atoms with van der Waals surface area (Å²) in [7, 11) is 0. The maximum atomic E-state index is 10.3. The molecule has 0 aromatic carbocycles. The molecule has 0 aliphatic heterocycles. The SMILES string of the molecule is O=C(O)CCCCCCC(O)CCCCCC(=O)O. The van der Waals surface area contributed by atoms with Gasteiger partial charge in [0.15, 0.2) is 0 Å². The van der Waals surface area contributed by atoms with E-state index in [2.05, 4.69) is 0 Å². The summed E-state index contributed by atoms with van der Waals surface area (Å²) in [6.45, 7) is 0. The molecule has 3 N–H and O–H groups in total. The second-order valence-corrected chi connectivity index (χ2v) is 4.99. The Morgan fingerprint density at radius 2 is 1.05 bits per heavy atom. The van der Waals surface area contributed by atoms with Crippen LogP contribution >= 0.6 is 0 Å². The molecular weight excluding hydrogens is 248 g/mol. The van der Waals surface area contributed by atoms with Crippen molar-refractivity contribution in [2.24, 2.45) is 0 Å². The summed E-state index contributed by atoms with van der Waals surface area (Å²) in [4.78, 5) is 20.6. The number of hydrogen-bond donors (Lipinski definition) is 3. The summed E-state index contributed by atoms with van der Waals surface area (Å²) in [5, 5.41) is 26.6. The minimum absolute atomic E-state index is 0.208. The lowest BCUT2D eigenvalue weighted by Gasteiger charge is -2.09. The van der Waals surface area contributed by atoms with Crippen molar-refractivity contribution in [2.75, 3.05) is 0 Å². The van der Waals surface area contributed by atoms with E-state index >= 15 is 0 Å². The van der Waals surface area contributed by atoms with Crippen LogP contribution < -0.4 is 0 Å². The van der Waals surface area contributed by atoms with Crippen LogP contribution in [0.25, 0.3) is 0 Å².